The van der Waals surface area contributed by atoms with Crippen LogP contribution in [0.1, 0.15) is 12.8 Å². The Morgan fingerprint density at radius 2 is 2.33 bits per heavy atom. The van der Waals surface area contributed by atoms with Gasteiger partial charge in [-0.2, -0.15) is 0 Å². The van der Waals surface area contributed by atoms with E-state index in [-0.39, 0.29) is 5.82 Å². The minimum atomic E-state index is -0.328. The van der Waals surface area contributed by atoms with Crippen LogP contribution in [0.5, 0.6) is 0 Å². The van der Waals surface area contributed by atoms with E-state index >= 15 is 0 Å². The maximum absolute atomic E-state index is 13.3. The van der Waals surface area contributed by atoms with Gasteiger partial charge in [-0.3, -0.25) is 0 Å². The van der Waals surface area contributed by atoms with Crippen LogP contribution in [0.2, 0.25) is 0 Å². The smallest absolute Gasteiger partial charge is 0.139 e. The molecule has 0 spiro atoms. The molecule has 2 rings (SSSR count). The normalized spacial score (nSPS) is 19.8. The molecule has 0 amide bonds. The highest BCUT2D eigenvalue weighted by Gasteiger charge is 2.18. The molecule has 0 bridgehead atoms. The zero-order valence-corrected chi connectivity index (χ0v) is 12.0. The number of anilines is 2. The molecule has 100 valence electrons. The van der Waals surface area contributed by atoms with Crippen molar-refractivity contribution in [2.24, 2.45) is 5.92 Å². The molecule has 1 unspecified atom stereocenters. The molecule has 1 atom stereocenters. The molecule has 5 heteroatoms. The van der Waals surface area contributed by atoms with Crippen molar-refractivity contribution in [2.75, 3.05) is 37.4 Å². The van der Waals surface area contributed by atoms with E-state index in [9.17, 15) is 4.39 Å². The van der Waals surface area contributed by atoms with Gasteiger partial charge in [-0.1, -0.05) is 0 Å². The molecule has 1 aromatic rings. The summed E-state index contributed by atoms with van der Waals surface area (Å²) in [5.41, 5.74) is 7.19. The van der Waals surface area contributed by atoms with Crippen LogP contribution in [0.15, 0.2) is 16.6 Å². The van der Waals surface area contributed by atoms with Gasteiger partial charge in [0, 0.05) is 26.3 Å². The lowest BCUT2D eigenvalue weighted by Gasteiger charge is -2.29. The van der Waals surface area contributed by atoms with E-state index in [4.69, 9.17) is 10.5 Å². The molecule has 0 aromatic heterocycles. The van der Waals surface area contributed by atoms with Gasteiger partial charge in [0.1, 0.15) is 5.82 Å². The molecule has 2 N–H and O–H groups in total. The van der Waals surface area contributed by atoms with Crippen molar-refractivity contribution in [3.63, 3.8) is 0 Å². The van der Waals surface area contributed by atoms with Crippen molar-refractivity contribution < 1.29 is 9.13 Å². The Labute approximate surface area is 115 Å². The Morgan fingerprint density at radius 3 is 3.00 bits per heavy atom. The predicted molar refractivity (Wildman–Crippen MR) is 75.3 cm³/mol. The topological polar surface area (TPSA) is 38.5 Å². The number of rotatable bonds is 3. The molecule has 3 nitrogen and oxygen atoms in total. The predicted octanol–water partition coefficient (Wildman–Crippen LogP) is 3.03. The fraction of sp³-hybridized carbons (Fsp3) is 0.538. The average molecular weight is 317 g/mol. The van der Waals surface area contributed by atoms with Gasteiger partial charge in [-0.05, 0) is 40.8 Å². The van der Waals surface area contributed by atoms with E-state index in [0.717, 1.165) is 31.9 Å². The van der Waals surface area contributed by atoms with Gasteiger partial charge >= 0.3 is 0 Å². The molecule has 1 aliphatic heterocycles. The summed E-state index contributed by atoms with van der Waals surface area (Å²) in [6.45, 7) is 2.54. The number of hydrogen-bond acceptors (Lipinski definition) is 3. The number of hydrogen-bond donors (Lipinski definition) is 1. The fourth-order valence-electron chi connectivity index (χ4n) is 2.32. The molecular weight excluding hydrogens is 299 g/mol. The molecule has 0 saturated carbocycles. The second-order valence-electron chi connectivity index (χ2n) is 4.79. The second-order valence-corrected chi connectivity index (χ2v) is 5.64. The quantitative estimate of drug-likeness (QED) is 0.871. The third kappa shape index (κ3) is 3.14. The van der Waals surface area contributed by atoms with Crippen molar-refractivity contribution >= 4 is 27.3 Å². The standard InChI is InChI=1S/C13H18BrFN2O/c1-17(7-9-3-2-4-18-8-9)13-5-10(14)11(15)6-12(13)16/h5-6,9H,2-4,7-8,16H2,1H3. The Balaban J connectivity index is 2.08. The first kappa shape index (κ1) is 13.6. The SMILES string of the molecule is CN(CC1CCCOC1)c1cc(Br)c(F)cc1N. The van der Waals surface area contributed by atoms with Crippen molar-refractivity contribution in [3.05, 3.63) is 22.4 Å². The molecule has 0 aliphatic carbocycles. The Bertz CT molecular complexity index is 422. The van der Waals surface area contributed by atoms with Crippen LogP contribution >= 0.6 is 15.9 Å². The van der Waals surface area contributed by atoms with E-state index in [1.54, 1.807) is 6.07 Å². The average Bonchev–Trinajstić information content (AvgIpc) is 2.35. The van der Waals surface area contributed by atoms with Crippen molar-refractivity contribution in [2.45, 2.75) is 12.8 Å². The van der Waals surface area contributed by atoms with Crippen LogP contribution in [0.4, 0.5) is 15.8 Å². The molecule has 1 saturated heterocycles. The van der Waals surface area contributed by atoms with E-state index in [1.165, 1.54) is 12.5 Å². The van der Waals surface area contributed by atoms with Gasteiger partial charge in [0.25, 0.3) is 0 Å². The van der Waals surface area contributed by atoms with Crippen LogP contribution < -0.4 is 10.6 Å². The summed E-state index contributed by atoms with van der Waals surface area (Å²) >= 11 is 3.19. The lowest BCUT2D eigenvalue weighted by Crippen LogP contribution is -2.31. The first-order valence-electron chi connectivity index (χ1n) is 6.11. The number of nitrogens with two attached hydrogens (primary N) is 1. The third-order valence-electron chi connectivity index (χ3n) is 3.27. The minimum absolute atomic E-state index is 0.328. The van der Waals surface area contributed by atoms with Gasteiger partial charge in [0.15, 0.2) is 0 Å². The first-order chi connectivity index (χ1) is 8.58. The zero-order valence-electron chi connectivity index (χ0n) is 10.5. The lowest BCUT2D eigenvalue weighted by molar-refractivity contribution is 0.0576. The number of benzene rings is 1. The number of nitrogen functional groups attached to an aromatic ring is 1. The highest BCUT2D eigenvalue weighted by atomic mass is 79.9. The first-order valence-corrected chi connectivity index (χ1v) is 6.90. The van der Waals surface area contributed by atoms with Crippen LogP contribution in [-0.4, -0.2) is 26.8 Å². The molecule has 1 fully saturated rings. The van der Waals surface area contributed by atoms with Crippen molar-refractivity contribution in [1.82, 2.24) is 0 Å². The largest absolute Gasteiger partial charge is 0.397 e. The van der Waals surface area contributed by atoms with Crippen LogP contribution in [0.3, 0.4) is 0 Å². The van der Waals surface area contributed by atoms with Gasteiger partial charge in [0.05, 0.1) is 22.5 Å². The maximum atomic E-state index is 13.3. The highest BCUT2D eigenvalue weighted by molar-refractivity contribution is 9.10. The summed E-state index contributed by atoms with van der Waals surface area (Å²) in [6.07, 6.45) is 2.29. The third-order valence-corrected chi connectivity index (χ3v) is 3.88. The summed E-state index contributed by atoms with van der Waals surface area (Å²) < 4.78 is 19.2. The lowest BCUT2D eigenvalue weighted by atomic mass is 10.0. The molecule has 0 radical (unpaired) electrons. The van der Waals surface area contributed by atoms with Crippen LogP contribution in [0.25, 0.3) is 0 Å². The van der Waals surface area contributed by atoms with E-state index in [2.05, 4.69) is 20.8 Å². The summed E-state index contributed by atoms with van der Waals surface area (Å²) in [7, 11) is 1.98. The molecule has 18 heavy (non-hydrogen) atoms. The van der Waals surface area contributed by atoms with Crippen LogP contribution in [0, 0.1) is 11.7 Å². The summed E-state index contributed by atoms with van der Waals surface area (Å²) in [5, 5.41) is 0. The Morgan fingerprint density at radius 1 is 1.56 bits per heavy atom. The molecular formula is C13H18BrFN2O. The summed E-state index contributed by atoms with van der Waals surface area (Å²) in [4.78, 5) is 2.07. The van der Waals surface area contributed by atoms with Gasteiger partial charge in [-0.15, -0.1) is 0 Å². The van der Waals surface area contributed by atoms with Crippen molar-refractivity contribution in [1.29, 1.82) is 0 Å². The van der Waals surface area contributed by atoms with E-state index < -0.39 is 0 Å². The zero-order chi connectivity index (χ0) is 13.1. The number of ether oxygens (including phenoxy) is 1. The van der Waals surface area contributed by atoms with Gasteiger partial charge in [-0.25, -0.2) is 4.39 Å². The summed E-state index contributed by atoms with van der Waals surface area (Å²) in [5.74, 6) is 0.192. The maximum Gasteiger partial charge on any atom is 0.139 e. The number of nitrogens with zero attached hydrogens (tertiary/aromatic N) is 1. The minimum Gasteiger partial charge on any atom is -0.397 e. The number of halogens is 2. The summed E-state index contributed by atoms with van der Waals surface area (Å²) in [6, 6.07) is 3.08. The molecule has 1 aliphatic rings. The van der Waals surface area contributed by atoms with Crippen molar-refractivity contribution in [3.8, 4) is 0 Å². The van der Waals surface area contributed by atoms with Crippen LogP contribution in [-0.2, 0) is 4.74 Å². The van der Waals surface area contributed by atoms with E-state index in [0.29, 0.717) is 16.1 Å². The van der Waals surface area contributed by atoms with Gasteiger partial charge in [0.2, 0.25) is 0 Å². The second kappa shape index (κ2) is 5.89. The van der Waals surface area contributed by atoms with Gasteiger partial charge < -0.3 is 15.4 Å². The van der Waals surface area contributed by atoms with E-state index in [1.807, 2.05) is 7.05 Å². The Kier molecular flexibility index (Phi) is 4.45. The molecule has 1 heterocycles. The Hall–Kier alpha value is -0.810. The fourth-order valence-corrected chi connectivity index (χ4v) is 2.65. The molecule has 1 aromatic carbocycles. The highest BCUT2D eigenvalue weighted by Crippen LogP contribution is 2.30. The monoisotopic (exact) mass is 316 g/mol.